The molecule has 1 N–H and O–H groups in total. The number of amides is 1. The number of Topliss-reactive ketones (excluding diaryl/α,β-unsaturated/α-hetero) is 1. The largest absolute Gasteiger partial charge is 0.493 e. The number of benzene rings is 2. The number of rotatable bonds is 5. The van der Waals surface area contributed by atoms with Crippen LogP contribution in [0.5, 0.6) is 23.0 Å². The van der Waals surface area contributed by atoms with Crippen molar-refractivity contribution in [2.24, 2.45) is 0 Å². The molecule has 2 aliphatic rings. The number of methoxy groups -OCH3 is 3. The van der Waals surface area contributed by atoms with Crippen LogP contribution in [0.4, 0.5) is 0 Å². The van der Waals surface area contributed by atoms with Crippen molar-refractivity contribution in [3.05, 3.63) is 53.7 Å². The van der Waals surface area contributed by atoms with E-state index in [1.54, 1.807) is 12.3 Å². The highest BCUT2D eigenvalue weighted by molar-refractivity contribution is 6.04. The Labute approximate surface area is 202 Å². The van der Waals surface area contributed by atoms with Crippen molar-refractivity contribution >= 4 is 11.7 Å². The summed E-state index contributed by atoms with van der Waals surface area (Å²) in [5.41, 5.74) is 2.06. The third-order valence-corrected chi connectivity index (χ3v) is 6.77. The van der Waals surface area contributed by atoms with Crippen molar-refractivity contribution < 1.29 is 28.5 Å². The highest BCUT2D eigenvalue weighted by Crippen LogP contribution is 2.50. The fourth-order valence-corrected chi connectivity index (χ4v) is 4.94. The second-order valence-electron chi connectivity index (χ2n) is 8.75. The van der Waals surface area contributed by atoms with E-state index in [0.29, 0.717) is 60.1 Å². The lowest BCUT2D eigenvalue weighted by Gasteiger charge is -2.44. The Morgan fingerprint density at radius 3 is 2.49 bits per heavy atom. The van der Waals surface area contributed by atoms with Crippen molar-refractivity contribution in [3.8, 4) is 34.3 Å². The van der Waals surface area contributed by atoms with Crippen molar-refractivity contribution in [1.29, 1.82) is 0 Å². The Hall–Kier alpha value is -4.01. The summed E-state index contributed by atoms with van der Waals surface area (Å²) in [5.74, 6) is 1.40. The van der Waals surface area contributed by atoms with Gasteiger partial charge in [-0.15, -0.1) is 0 Å². The molecule has 0 aliphatic carbocycles. The van der Waals surface area contributed by atoms with Gasteiger partial charge in [0, 0.05) is 49.3 Å². The summed E-state index contributed by atoms with van der Waals surface area (Å²) in [6, 6.07) is 11.0. The van der Waals surface area contributed by atoms with Crippen LogP contribution in [-0.2, 0) is 0 Å². The highest BCUT2D eigenvalue weighted by Gasteiger charge is 2.45. The average molecular weight is 478 g/mol. The lowest BCUT2D eigenvalue weighted by molar-refractivity contribution is -0.00621. The number of H-pyrrole nitrogens is 1. The van der Waals surface area contributed by atoms with Crippen LogP contribution in [0.25, 0.3) is 11.3 Å². The number of ether oxygens (including phenoxy) is 4. The number of nitrogens with one attached hydrogen (secondary N) is 1. The molecule has 1 spiro atoms. The third-order valence-electron chi connectivity index (χ3n) is 6.77. The van der Waals surface area contributed by atoms with Crippen LogP contribution >= 0.6 is 0 Å². The van der Waals surface area contributed by atoms with E-state index >= 15 is 0 Å². The summed E-state index contributed by atoms with van der Waals surface area (Å²) in [5, 5.41) is 6.90. The number of carbonyl (C=O) groups is 2. The van der Waals surface area contributed by atoms with E-state index in [9.17, 15) is 9.59 Å². The minimum Gasteiger partial charge on any atom is -0.493 e. The maximum atomic E-state index is 13.2. The standard InChI is InChI=1S/C26H27N3O6/c1-32-21-14-20-22(24(34-3)23(21)33-2)19(30)15-26(35-20)8-11-29(12-9-26)25(31)17-6-4-5-16(13-17)18-7-10-27-28-18/h4-7,10,13-14H,8-9,11-12,15H2,1-3H3,(H,27,28). The van der Waals surface area contributed by atoms with Crippen LogP contribution in [0.2, 0.25) is 0 Å². The second kappa shape index (κ2) is 8.98. The number of nitrogens with zero attached hydrogens (tertiary/aromatic N) is 2. The number of piperidine rings is 1. The van der Waals surface area contributed by atoms with Gasteiger partial charge in [0.05, 0.1) is 33.4 Å². The van der Waals surface area contributed by atoms with Crippen LogP contribution in [-0.4, -0.2) is 66.8 Å². The van der Waals surface area contributed by atoms with Crippen LogP contribution in [0.1, 0.15) is 40.0 Å². The maximum Gasteiger partial charge on any atom is 0.253 e. The van der Waals surface area contributed by atoms with Gasteiger partial charge in [-0.3, -0.25) is 14.7 Å². The number of hydrogen-bond acceptors (Lipinski definition) is 7. The molecule has 0 bridgehead atoms. The van der Waals surface area contributed by atoms with Crippen molar-refractivity contribution in [3.63, 3.8) is 0 Å². The summed E-state index contributed by atoms with van der Waals surface area (Å²) in [7, 11) is 4.51. The van der Waals surface area contributed by atoms with Crippen molar-refractivity contribution in [1.82, 2.24) is 15.1 Å². The SMILES string of the molecule is COc1cc2c(c(OC)c1OC)C(=O)CC1(CCN(C(=O)c3cccc(-c4ccn[nH]4)c3)CC1)O2. The Kier molecular flexibility index (Phi) is 5.84. The fraction of sp³-hybridized carbons (Fsp3) is 0.346. The predicted molar refractivity (Wildman–Crippen MR) is 128 cm³/mol. The number of ketones is 1. The topological polar surface area (TPSA) is 103 Å². The molecule has 1 amide bonds. The predicted octanol–water partition coefficient (Wildman–Crippen LogP) is 3.74. The molecule has 1 fully saturated rings. The first-order chi connectivity index (χ1) is 17.0. The number of fused-ring (bicyclic) bond motifs is 1. The van der Waals surface area contributed by atoms with E-state index in [0.717, 1.165) is 11.3 Å². The molecular formula is C26H27N3O6. The van der Waals surface area contributed by atoms with Gasteiger partial charge in [0.15, 0.2) is 17.3 Å². The molecule has 35 heavy (non-hydrogen) atoms. The van der Waals surface area contributed by atoms with Gasteiger partial charge in [-0.1, -0.05) is 12.1 Å². The molecule has 2 aromatic carbocycles. The van der Waals surface area contributed by atoms with Gasteiger partial charge < -0.3 is 23.8 Å². The molecule has 2 aliphatic heterocycles. The Morgan fingerprint density at radius 2 is 1.83 bits per heavy atom. The van der Waals surface area contributed by atoms with Crippen LogP contribution in [0.3, 0.4) is 0 Å². The summed E-state index contributed by atoms with van der Waals surface area (Å²) < 4.78 is 22.8. The Balaban J connectivity index is 1.35. The summed E-state index contributed by atoms with van der Waals surface area (Å²) in [4.78, 5) is 28.3. The van der Waals surface area contributed by atoms with Crippen LogP contribution < -0.4 is 18.9 Å². The zero-order valence-corrected chi connectivity index (χ0v) is 19.9. The van der Waals surface area contributed by atoms with E-state index in [2.05, 4.69) is 10.2 Å². The summed E-state index contributed by atoms with van der Waals surface area (Å²) >= 11 is 0. The first-order valence-electron chi connectivity index (χ1n) is 11.4. The van der Waals surface area contributed by atoms with Gasteiger partial charge in [0.25, 0.3) is 5.91 Å². The molecule has 9 nitrogen and oxygen atoms in total. The second-order valence-corrected chi connectivity index (χ2v) is 8.75. The van der Waals surface area contributed by atoms with Crippen molar-refractivity contribution in [2.75, 3.05) is 34.4 Å². The molecule has 9 heteroatoms. The van der Waals surface area contributed by atoms with Gasteiger partial charge in [0.1, 0.15) is 16.9 Å². The highest BCUT2D eigenvalue weighted by atomic mass is 16.5. The monoisotopic (exact) mass is 477 g/mol. The number of carbonyl (C=O) groups excluding carboxylic acids is 2. The van der Waals surface area contributed by atoms with E-state index in [-0.39, 0.29) is 18.1 Å². The number of hydrogen-bond donors (Lipinski definition) is 1. The molecular weight excluding hydrogens is 450 g/mol. The third kappa shape index (κ3) is 3.96. The number of aromatic nitrogens is 2. The molecule has 3 heterocycles. The Bertz CT molecular complexity index is 1260. The van der Waals surface area contributed by atoms with Gasteiger partial charge >= 0.3 is 0 Å². The van der Waals surface area contributed by atoms with E-state index in [1.807, 2.05) is 35.2 Å². The number of aromatic amines is 1. The molecule has 1 saturated heterocycles. The van der Waals surface area contributed by atoms with Crippen molar-refractivity contribution in [2.45, 2.75) is 24.9 Å². The molecule has 1 aromatic heterocycles. The van der Waals surface area contributed by atoms with Gasteiger partial charge in [0.2, 0.25) is 5.75 Å². The smallest absolute Gasteiger partial charge is 0.253 e. The Morgan fingerprint density at radius 1 is 1.06 bits per heavy atom. The van der Waals surface area contributed by atoms with Crippen LogP contribution in [0, 0.1) is 0 Å². The van der Waals surface area contributed by atoms with E-state index in [1.165, 1.54) is 21.3 Å². The molecule has 0 atom stereocenters. The molecule has 0 radical (unpaired) electrons. The zero-order valence-electron chi connectivity index (χ0n) is 19.9. The quantitative estimate of drug-likeness (QED) is 0.597. The lowest BCUT2D eigenvalue weighted by Crippen LogP contribution is -2.52. The number of likely N-dealkylation sites (tertiary alicyclic amines) is 1. The minimum absolute atomic E-state index is 0.0446. The van der Waals surface area contributed by atoms with E-state index in [4.69, 9.17) is 18.9 Å². The summed E-state index contributed by atoms with van der Waals surface area (Å²) in [6.07, 6.45) is 2.98. The summed E-state index contributed by atoms with van der Waals surface area (Å²) in [6.45, 7) is 0.973. The average Bonchev–Trinajstić information content (AvgIpc) is 3.43. The minimum atomic E-state index is -0.677. The van der Waals surface area contributed by atoms with Gasteiger partial charge in [-0.25, -0.2) is 0 Å². The normalized spacial score (nSPS) is 16.4. The van der Waals surface area contributed by atoms with Gasteiger partial charge in [-0.2, -0.15) is 5.10 Å². The molecule has 0 saturated carbocycles. The molecule has 3 aromatic rings. The maximum absolute atomic E-state index is 13.2. The fourth-order valence-electron chi connectivity index (χ4n) is 4.94. The molecule has 5 rings (SSSR count). The van der Waals surface area contributed by atoms with E-state index < -0.39 is 5.60 Å². The van der Waals surface area contributed by atoms with Gasteiger partial charge in [-0.05, 0) is 18.2 Å². The first kappa shape index (κ1) is 22.8. The lowest BCUT2D eigenvalue weighted by atomic mass is 9.82. The zero-order chi connectivity index (χ0) is 24.6. The van der Waals surface area contributed by atoms with Crippen LogP contribution in [0.15, 0.2) is 42.6 Å². The molecule has 0 unspecified atom stereocenters. The molecule has 182 valence electrons. The first-order valence-corrected chi connectivity index (χ1v) is 11.4.